The molecule has 0 aromatic carbocycles. The molecule has 2 aromatic rings. The van der Waals surface area contributed by atoms with Gasteiger partial charge in [0.1, 0.15) is 5.15 Å². The van der Waals surface area contributed by atoms with Crippen LogP contribution in [0.25, 0.3) is 5.65 Å². The van der Waals surface area contributed by atoms with Crippen LogP contribution in [-0.2, 0) is 11.2 Å². The van der Waals surface area contributed by atoms with E-state index in [-0.39, 0.29) is 0 Å². The van der Waals surface area contributed by atoms with Gasteiger partial charge in [-0.05, 0) is 25.3 Å². The molecule has 3 rings (SSSR count). The van der Waals surface area contributed by atoms with Crippen LogP contribution in [-0.4, -0.2) is 27.8 Å². The van der Waals surface area contributed by atoms with Crippen molar-refractivity contribution in [3.63, 3.8) is 0 Å². The normalized spacial score (nSPS) is 17.2. The SMILES string of the molecule is CCCc1cc(Cl)n2nc(C3CCOCC3)cc2n1. The van der Waals surface area contributed by atoms with E-state index in [2.05, 4.69) is 23.1 Å². The van der Waals surface area contributed by atoms with Gasteiger partial charge < -0.3 is 4.74 Å². The molecule has 0 radical (unpaired) electrons. The Balaban J connectivity index is 1.97. The maximum Gasteiger partial charge on any atom is 0.157 e. The second-order valence-corrected chi connectivity index (χ2v) is 5.43. The minimum absolute atomic E-state index is 0.473. The summed E-state index contributed by atoms with van der Waals surface area (Å²) in [6, 6.07) is 3.99. The lowest BCUT2D eigenvalue weighted by Crippen LogP contribution is -2.14. The van der Waals surface area contributed by atoms with Gasteiger partial charge in [0.25, 0.3) is 0 Å². The van der Waals surface area contributed by atoms with Crippen LogP contribution in [0.5, 0.6) is 0 Å². The van der Waals surface area contributed by atoms with Crippen LogP contribution in [0.3, 0.4) is 0 Å². The average molecular weight is 280 g/mol. The lowest BCUT2D eigenvalue weighted by Gasteiger charge is -2.19. The Labute approximate surface area is 117 Å². The van der Waals surface area contributed by atoms with Gasteiger partial charge >= 0.3 is 0 Å². The van der Waals surface area contributed by atoms with Gasteiger partial charge in [-0.3, -0.25) is 0 Å². The number of halogens is 1. The van der Waals surface area contributed by atoms with E-state index in [4.69, 9.17) is 16.3 Å². The van der Waals surface area contributed by atoms with Gasteiger partial charge in [-0.25, -0.2) is 9.50 Å². The Hall–Kier alpha value is -1.13. The van der Waals surface area contributed by atoms with Crippen LogP contribution >= 0.6 is 11.6 Å². The maximum atomic E-state index is 6.29. The van der Waals surface area contributed by atoms with E-state index in [9.17, 15) is 0 Å². The summed E-state index contributed by atoms with van der Waals surface area (Å²) >= 11 is 6.29. The summed E-state index contributed by atoms with van der Waals surface area (Å²) < 4.78 is 7.14. The van der Waals surface area contributed by atoms with Gasteiger partial charge in [-0.1, -0.05) is 24.9 Å². The van der Waals surface area contributed by atoms with Crippen molar-refractivity contribution in [3.8, 4) is 0 Å². The third kappa shape index (κ3) is 2.60. The van der Waals surface area contributed by atoms with Crippen molar-refractivity contribution in [2.75, 3.05) is 13.2 Å². The Morgan fingerprint density at radius 1 is 1.37 bits per heavy atom. The van der Waals surface area contributed by atoms with E-state index in [1.165, 1.54) is 0 Å². The molecule has 19 heavy (non-hydrogen) atoms. The van der Waals surface area contributed by atoms with E-state index >= 15 is 0 Å². The number of hydrogen-bond acceptors (Lipinski definition) is 3. The van der Waals surface area contributed by atoms with Crippen molar-refractivity contribution in [2.45, 2.75) is 38.5 Å². The first-order valence-corrected chi connectivity index (χ1v) is 7.28. The summed E-state index contributed by atoms with van der Waals surface area (Å²) in [5, 5.41) is 5.25. The molecule has 0 unspecified atom stereocenters. The first-order valence-electron chi connectivity index (χ1n) is 6.90. The van der Waals surface area contributed by atoms with Crippen molar-refractivity contribution in [1.82, 2.24) is 14.6 Å². The predicted molar refractivity (Wildman–Crippen MR) is 74.8 cm³/mol. The summed E-state index contributed by atoms with van der Waals surface area (Å²) in [5.41, 5.74) is 2.99. The zero-order valence-electron chi connectivity index (χ0n) is 11.1. The van der Waals surface area contributed by atoms with E-state index < -0.39 is 0 Å². The van der Waals surface area contributed by atoms with Gasteiger partial charge in [-0.2, -0.15) is 5.10 Å². The van der Waals surface area contributed by atoms with Crippen molar-refractivity contribution in [3.05, 3.63) is 28.7 Å². The first-order chi connectivity index (χ1) is 9.28. The second kappa shape index (κ2) is 5.47. The molecule has 4 nitrogen and oxygen atoms in total. The monoisotopic (exact) mass is 279 g/mol. The molecule has 0 bridgehead atoms. The third-order valence-corrected chi connectivity index (χ3v) is 3.87. The quantitative estimate of drug-likeness (QED) is 0.810. The molecular formula is C14H18ClN3O. The summed E-state index contributed by atoms with van der Waals surface area (Å²) in [6.45, 7) is 3.78. The summed E-state index contributed by atoms with van der Waals surface area (Å²) in [5.74, 6) is 0.473. The minimum atomic E-state index is 0.473. The van der Waals surface area contributed by atoms with Gasteiger partial charge in [-0.15, -0.1) is 0 Å². The van der Waals surface area contributed by atoms with Crippen LogP contribution in [0.4, 0.5) is 0 Å². The summed E-state index contributed by atoms with van der Waals surface area (Å²) in [4.78, 5) is 4.63. The van der Waals surface area contributed by atoms with Gasteiger partial charge in [0.2, 0.25) is 0 Å². The van der Waals surface area contributed by atoms with Crippen LogP contribution < -0.4 is 0 Å². The van der Waals surface area contributed by atoms with Crippen molar-refractivity contribution in [1.29, 1.82) is 0 Å². The molecule has 5 heteroatoms. The number of rotatable bonds is 3. The van der Waals surface area contributed by atoms with Gasteiger partial charge in [0.05, 0.1) is 5.69 Å². The van der Waals surface area contributed by atoms with E-state index in [1.807, 2.05) is 6.07 Å². The number of aryl methyl sites for hydroxylation is 1. The molecule has 3 heterocycles. The van der Waals surface area contributed by atoms with E-state index in [0.717, 1.165) is 55.9 Å². The lowest BCUT2D eigenvalue weighted by molar-refractivity contribution is 0.0844. The van der Waals surface area contributed by atoms with Gasteiger partial charge in [0, 0.05) is 30.9 Å². The fourth-order valence-electron chi connectivity index (χ4n) is 2.58. The molecule has 1 aliphatic rings. The Morgan fingerprint density at radius 3 is 2.89 bits per heavy atom. The zero-order valence-corrected chi connectivity index (χ0v) is 11.9. The van der Waals surface area contributed by atoms with Gasteiger partial charge in [0.15, 0.2) is 5.65 Å². The standard InChI is InChI=1S/C14H18ClN3O/c1-2-3-11-8-13(15)18-14(16-11)9-12(17-18)10-4-6-19-7-5-10/h8-10H,2-7H2,1H3. The number of ether oxygens (including phenoxy) is 1. The molecule has 102 valence electrons. The maximum absolute atomic E-state index is 6.29. The minimum Gasteiger partial charge on any atom is -0.381 e. The molecular weight excluding hydrogens is 262 g/mol. The molecule has 0 amide bonds. The summed E-state index contributed by atoms with van der Waals surface area (Å²) in [6.07, 6.45) is 4.08. The smallest absolute Gasteiger partial charge is 0.157 e. The van der Waals surface area contributed by atoms with Crippen LogP contribution in [0.2, 0.25) is 5.15 Å². The molecule has 2 aromatic heterocycles. The molecule has 0 saturated carbocycles. The average Bonchev–Trinajstić information content (AvgIpc) is 2.85. The molecule has 0 atom stereocenters. The zero-order chi connectivity index (χ0) is 13.2. The number of hydrogen-bond donors (Lipinski definition) is 0. The fraction of sp³-hybridized carbons (Fsp3) is 0.571. The predicted octanol–water partition coefficient (Wildman–Crippen LogP) is 3.23. The first kappa shape index (κ1) is 12.9. The topological polar surface area (TPSA) is 39.4 Å². The fourth-order valence-corrected chi connectivity index (χ4v) is 2.83. The highest BCUT2D eigenvalue weighted by Crippen LogP contribution is 2.27. The van der Waals surface area contributed by atoms with E-state index in [1.54, 1.807) is 4.52 Å². The highest BCUT2D eigenvalue weighted by molar-refractivity contribution is 6.29. The van der Waals surface area contributed by atoms with Crippen molar-refractivity contribution in [2.24, 2.45) is 0 Å². The second-order valence-electron chi connectivity index (χ2n) is 5.05. The summed E-state index contributed by atoms with van der Waals surface area (Å²) in [7, 11) is 0. The van der Waals surface area contributed by atoms with Crippen LogP contribution in [0, 0.1) is 0 Å². The number of fused-ring (bicyclic) bond motifs is 1. The van der Waals surface area contributed by atoms with Crippen LogP contribution in [0.15, 0.2) is 12.1 Å². The molecule has 0 aliphatic carbocycles. The van der Waals surface area contributed by atoms with E-state index in [0.29, 0.717) is 11.1 Å². The van der Waals surface area contributed by atoms with Crippen molar-refractivity contribution < 1.29 is 4.74 Å². The Bertz CT molecular complexity index is 575. The lowest BCUT2D eigenvalue weighted by atomic mass is 9.97. The molecule has 0 spiro atoms. The highest BCUT2D eigenvalue weighted by atomic mass is 35.5. The largest absolute Gasteiger partial charge is 0.381 e. The van der Waals surface area contributed by atoms with Crippen LogP contribution in [0.1, 0.15) is 43.5 Å². The van der Waals surface area contributed by atoms with Crippen molar-refractivity contribution >= 4 is 17.2 Å². The third-order valence-electron chi connectivity index (χ3n) is 3.60. The number of nitrogens with zero attached hydrogens (tertiary/aromatic N) is 3. The number of aromatic nitrogens is 3. The molecule has 1 aliphatic heterocycles. The highest BCUT2D eigenvalue weighted by Gasteiger charge is 2.20. The molecule has 0 N–H and O–H groups in total. The molecule has 1 fully saturated rings. The Morgan fingerprint density at radius 2 is 2.16 bits per heavy atom. The molecule has 1 saturated heterocycles. The Kier molecular flexibility index (Phi) is 3.71.